The minimum absolute atomic E-state index is 0.00147. The van der Waals surface area contributed by atoms with Crippen molar-refractivity contribution < 1.29 is 9.59 Å². The highest BCUT2D eigenvalue weighted by Gasteiger charge is 2.35. The van der Waals surface area contributed by atoms with Crippen LogP contribution < -0.4 is 25.8 Å². The first kappa shape index (κ1) is 22.6. The van der Waals surface area contributed by atoms with Crippen molar-refractivity contribution in [2.75, 3.05) is 47.8 Å². The molecule has 1 aliphatic carbocycles. The summed E-state index contributed by atoms with van der Waals surface area (Å²) in [5.74, 6) is -0.0629. The first-order valence-electron chi connectivity index (χ1n) is 12.4. The van der Waals surface area contributed by atoms with Gasteiger partial charge in [0.2, 0.25) is 5.95 Å². The van der Waals surface area contributed by atoms with E-state index in [1.54, 1.807) is 11.1 Å². The van der Waals surface area contributed by atoms with Crippen molar-refractivity contribution in [3.8, 4) is 0 Å². The third kappa shape index (κ3) is 4.70. The molecule has 3 aliphatic rings. The van der Waals surface area contributed by atoms with E-state index in [9.17, 15) is 9.59 Å². The molecule has 3 N–H and O–H groups in total. The van der Waals surface area contributed by atoms with Gasteiger partial charge < -0.3 is 20.9 Å². The van der Waals surface area contributed by atoms with Crippen molar-refractivity contribution in [2.24, 2.45) is 0 Å². The van der Waals surface area contributed by atoms with Gasteiger partial charge in [-0.3, -0.25) is 14.5 Å². The minimum atomic E-state index is -0.549. The van der Waals surface area contributed by atoms with Gasteiger partial charge in [0.15, 0.2) is 0 Å². The number of aromatic nitrogens is 2. The van der Waals surface area contributed by atoms with E-state index in [2.05, 4.69) is 44.9 Å². The molecule has 1 aromatic heterocycles. The van der Waals surface area contributed by atoms with E-state index in [0.717, 1.165) is 69.5 Å². The lowest BCUT2D eigenvalue weighted by Gasteiger charge is -2.31. The summed E-state index contributed by atoms with van der Waals surface area (Å²) >= 11 is 0. The Hall–Kier alpha value is -3.20. The Morgan fingerprint density at radius 3 is 2.62 bits per heavy atom. The third-order valence-corrected chi connectivity index (χ3v) is 6.99. The van der Waals surface area contributed by atoms with Gasteiger partial charge in [0, 0.05) is 61.9 Å². The maximum atomic E-state index is 13.1. The van der Waals surface area contributed by atoms with Gasteiger partial charge in [0.05, 0.1) is 0 Å². The molecular formula is C25H33N7O2. The molecule has 2 aliphatic heterocycles. The van der Waals surface area contributed by atoms with Crippen molar-refractivity contribution in [3.05, 3.63) is 35.5 Å². The zero-order valence-electron chi connectivity index (χ0n) is 19.8. The van der Waals surface area contributed by atoms with Gasteiger partial charge in [-0.15, -0.1) is 0 Å². The van der Waals surface area contributed by atoms with Crippen molar-refractivity contribution in [1.82, 2.24) is 20.6 Å². The summed E-state index contributed by atoms with van der Waals surface area (Å²) < 4.78 is 0. The summed E-state index contributed by atoms with van der Waals surface area (Å²) in [6.07, 6.45) is 7.15. The Morgan fingerprint density at radius 2 is 1.85 bits per heavy atom. The van der Waals surface area contributed by atoms with Gasteiger partial charge >= 0.3 is 11.8 Å². The maximum absolute atomic E-state index is 13.1. The lowest BCUT2D eigenvalue weighted by molar-refractivity contribution is -0.137. The van der Waals surface area contributed by atoms with Crippen molar-refractivity contribution in [2.45, 2.75) is 51.5 Å². The van der Waals surface area contributed by atoms with E-state index >= 15 is 0 Å². The molecule has 1 aromatic carbocycles. The Morgan fingerprint density at radius 1 is 1.06 bits per heavy atom. The number of carbonyl (C=O) groups excluding carboxylic acids is 2. The quantitative estimate of drug-likeness (QED) is 0.598. The summed E-state index contributed by atoms with van der Waals surface area (Å²) in [5.41, 5.74) is 4.24. The Labute approximate surface area is 200 Å². The van der Waals surface area contributed by atoms with Crippen LogP contribution in [-0.4, -0.2) is 60.5 Å². The standard InChI is InChI=1S/C25H33N7O2/c1-17-15-19(8-9-21(17)31-13-11-26-12-14-31)29-25-28-16-18-5-4-10-27-23(33)24(34)32(22(18)30-25)20-6-2-3-7-20/h8-9,15-16,20,26H,2-7,10-14H2,1H3,(H,27,33)(H,28,29,30). The predicted octanol–water partition coefficient (Wildman–Crippen LogP) is 2.28. The fourth-order valence-corrected chi connectivity index (χ4v) is 5.23. The molecule has 9 heteroatoms. The summed E-state index contributed by atoms with van der Waals surface area (Å²) in [6, 6.07) is 6.29. The van der Waals surface area contributed by atoms with E-state index < -0.39 is 11.8 Å². The topological polar surface area (TPSA) is 102 Å². The van der Waals surface area contributed by atoms with Crippen LogP contribution in [0.4, 0.5) is 23.1 Å². The summed E-state index contributed by atoms with van der Waals surface area (Å²) in [4.78, 5) is 39.0. The Bertz CT molecular complexity index is 1060. The van der Waals surface area contributed by atoms with Crippen molar-refractivity contribution in [3.63, 3.8) is 0 Å². The van der Waals surface area contributed by atoms with Gasteiger partial charge in [-0.2, -0.15) is 4.98 Å². The highest BCUT2D eigenvalue weighted by atomic mass is 16.2. The molecule has 3 heterocycles. The van der Waals surface area contributed by atoms with Crippen LogP contribution in [0.25, 0.3) is 0 Å². The Balaban J connectivity index is 1.43. The number of amides is 2. The number of fused-ring (bicyclic) bond motifs is 1. The van der Waals surface area contributed by atoms with Crippen molar-refractivity contribution in [1.29, 1.82) is 0 Å². The number of benzene rings is 1. The number of hydrogen-bond acceptors (Lipinski definition) is 7. The molecule has 1 saturated carbocycles. The molecule has 5 rings (SSSR count). The van der Waals surface area contributed by atoms with E-state index in [4.69, 9.17) is 4.98 Å². The van der Waals surface area contributed by atoms with Crippen LogP contribution in [0, 0.1) is 6.92 Å². The zero-order chi connectivity index (χ0) is 23.5. The van der Waals surface area contributed by atoms with Crippen LogP contribution >= 0.6 is 0 Å². The molecule has 34 heavy (non-hydrogen) atoms. The van der Waals surface area contributed by atoms with E-state index in [1.165, 1.54) is 11.3 Å². The minimum Gasteiger partial charge on any atom is -0.369 e. The zero-order valence-corrected chi connectivity index (χ0v) is 19.8. The number of aryl methyl sites for hydroxylation is 2. The molecule has 1 saturated heterocycles. The Kier molecular flexibility index (Phi) is 6.62. The highest BCUT2D eigenvalue weighted by molar-refractivity contribution is 6.40. The van der Waals surface area contributed by atoms with Crippen molar-refractivity contribution >= 4 is 35.0 Å². The fraction of sp³-hybridized carbons (Fsp3) is 0.520. The number of hydrogen-bond donors (Lipinski definition) is 3. The average molecular weight is 464 g/mol. The molecule has 2 fully saturated rings. The van der Waals surface area contributed by atoms with Gasteiger partial charge in [-0.25, -0.2) is 4.98 Å². The lowest BCUT2D eigenvalue weighted by Crippen LogP contribution is -2.48. The molecule has 0 atom stereocenters. The normalized spacial score (nSPS) is 19.8. The average Bonchev–Trinajstić information content (AvgIpc) is 3.38. The molecule has 0 radical (unpaired) electrons. The third-order valence-electron chi connectivity index (χ3n) is 6.99. The number of rotatable bonds is 4. The second-order valence-electron chi connectivity index (χ2n) is 9.38. The van der Waals surface area contributed by atoms with Crippen LogP contribution in [0.5, 0.6) is 0 Å². The largest absolute Gasteiger partial charge is 0.369 e. The number of nitrogens with zero attached hydrogens (tertiary/aromatic N) is 4. The van der Waals surface area contributed by atoms with Crippen LogP contribution in [-0.2, 0) is 16.0 Å². The van der Waals surface area contributed by atoms with E-state index in [1.807, 2.05) is 6.07 Å². The number of nitrogens with one attached hydrogen (secondary N) is 3. The maximum Gasteiger partial charge on any atom is 0.317 e. The molecular weight excluding hydrogens is 430 g/mol. The highest BCUT2D eigenvalue weighted by Crippen LogP contribution is 2.32. The molecule has 0 bridgehead atoms. The summed E-state index contributed by atoms with van der Waals surface area (Å²) in [6.45, 7) is 6.58. The first-order valence-corrected chi connectivity index (χ1v) is 12.4. The van der Waals surface area contributed by atoms with Gasteiger partial charge in [-0.1, -0.05) is 12.8 Å². The smallest absolute Gasteiger partial charge is 0.317 e. The fourth-order valence-electron chi connectivity index (χ4n) is 5.23. The predicted molar refractivity (Wildman–Crippen MR) is 133 cm³/mol. The van der Waals surface area contributed by atoms with Crippen LogP contribution in [0.1, 0.15) is 43.2 Å². The van der Waals surface area contributed by atoms with Gasteiger partial charge in [0.25, 0.3) is 0 Å². The number of anilines is 4. The molecule has 2 aromatic rings. The van der Waals surface area contributed by atoms with Crippen LogP contribution in [0.2, 0.25) is 0 Å². The SMILES string of the molecule is Cc1cc(Nc2ncc3c(n2)N(C2CCCC2)C(=O)C(=O)NCCC3)ccc1N1CCNCC1. The second-order valence-corrected chi connectivity index (χ2v) is 9.38. The monoisotopic (exact) mass is 463 g/mol. The molecule has 180 valence electrons. The number of carbonyl (C=O) groups is 2. The lowest BCUT2D eigenvalue weighted by atomic mass is 10.1. The van der Waals surface area contributed by atoms with E-state index in [-0.39, 0.29) is 6.04 Å². The first-order chi connectivity index (χ1) is 16.6. The number of piperazine rings is 1. The molecule has 0 spiro atoms. The van der Waals surface area contributed by atoms with Gasteiger partial charge in [-0.05, 0) is 56.4 Å². The second kappa shape index (κ2) is 9.97. The molecule has 2 amide bonds. The van der Waals surface area contributed by atoms with E-state index in [0.29, 0.717) is 24.7 Å². The summed E-state index contributed by atoms with van der Waals surface area (Å²) in [5, 5.41) is 9.47. The summed E-state index contributed by atoms with van der Waals surface area (Å²) in [7, 11) is 0. The van der Waals surface area contributed by atoms with Gasteiger partial charge in [0.1, 0.15) is 5.82 Å². The molecule has 9 nitrogen and oxygen atoms in total. The van der Waals surface area contributed by atoms with Crippen LogP contribution in [0.15, 0.2) is 24.4 Å². The van der Waals surface area contributed by atoms with Crippen LogP contribution in [0.3, 0.4) is 0 Å². The molecule has 0 unspecified atom stereocenters.